The molecule has 2 aliphatic rings. The molecule has 0 saturated carbocycles. The summed E-state index contributed by atoms with van der Waals surface area (Å²) in [6.45, 7) is 0.352. The van der Waals surface area contributed by atoms with E-state index < -0.39 is 22.1 Å². The van der Waals surface area contributed by atoms with Crippen molar-refractivity contribution in [1.82, 2.24) is 0 Å². The second-order valence-corrected chi connectivity index (χ2v) is 7.57. The predicted molar refractivity (Wildman–Crippen MR) is 67.5 cm³/mol. The van der Waals surface area contributed by atoms with E-state index in [2.05, 4.69) is 0 Å². The summed E-state index contributed by atoms with van der Waals surface area (Å²) in [5.74, 6) is -0.603. The number of aliphatic carboxylic acids is 1. The zero-order valence-electron chi connectivity index (χ0n) is 10.8. The number of carbonyl (C=O) groups is 1. The molecule has 0 aromatic rings. The molecule has 3 unspecified atom stereocenters. The average molecular weight is 292 g/mol. The summed E-state index contributed by atoms with van der Waals surface area (Å²) in [5.41, 5.74) is 0. The third-order valence-corrected chi connectivity index (χ3v) is 5.96. The number of carboxylic acid groups (broad SMARTS) is 1. The van der Waals surface area contributed by atoms with Crippen molar-refractivity contribution in [2.75, 3.05) is 12.4 Å². The highest BCUT2D eigenvalue weighted by molar-refractivity contribution is 7.92. The lowest BCUT2D eigenvalue weighted by molar-refractivity contribution is -0.138. The first kappa shape index (κ1) is 14.7. The van der Waals surface area contributed by atoms with E-state index in [0.29, 0.717) is 25.9 Å². The Morgan fingerprint density at radius 3 is 2.79 bits per heavy atom. The maximum absolute atomic E-state index is 11.9. The minimum atomic E-state index is -3.01. The Labute approximate surface area is 113 Å². The van der Waals surface area contributed by atoms with Crippen molar-refractivity contribution in [1.29, 1.82) is 0 Å². The van der Waals surface area contributed by atoms with Gasteiger partial charge < -0.3 is 14.6 Å². The minimum Gasteiger partial charge on any atom is -0.481 e. The Balaban J connectivity index is 1.80. The molecule has 0 amide bonds. The van der Waals surface area contributed by atoms with Gasteiger partial charge in [-0.25, -0.2) is 8.42 Å². The molecule has 0 spiro atoms. The van der Waals surface area contributed by atoms with Crippen LogP contribution in [0.15, 0.2) is 0 Å². The predicted octanol–water partition coefficient (Wildman–Crippen LogP) is 0.950. The van der Waals surface area contributed by atoms with E-state index >= 15 is 0 Å². The molecule has 0 bridgehead atoms. The summed E-state index contributed by atoms with van der Waals surface area (Å²) in [4.78, 5) is 10.5. The topological polar surface area (TPSA) is 89.9 Å². The molecule has 1 N–H and O–H groups in total. The number of ether oxygens (including phenoxy) is 2. The second-order valence-electron chi connectivity index (χ2n) is 5.17. The van der Waals surface area contributed by atoms with Crippen LogP contribution in [-0.4, -0.2) is 49.5 Å². The highest BCUT2D eigenvalue weighted by atomic mass is 32.2. The molecule has 0 aliphatic carbocycles. The van der Waals surface area contributed by atoms with Gasteiger partial charge in [-0.3, -0.25) is 4.79 Å². The molecule has 0 aromatic heterocycles. The normalized spacial score (nSPS) is 34.2. The van der Waals surface area contributed by atoms with Gasteiger partial charge in [0.25, 0.3) is 0 Å². The first-order valence-electron chi connectivity index (χ1n) is 6.68. The van der Waals surface area contributed by atoms with E-state index in [0.717, 1.165) is 12.8 Å². The fraction of sp³-hybridized carbons (Fsp3) is 0.917. The molecule has 0 aromatic carbocycles. The summed E-state index contributed by atoms with van der Waals surface area (Å²) in [5, 5.41) is 8.22. The van der Waals surface area contributed by atoms with Crippen LogP contribution in [0.25, 0.3) is 0 Å². The van der Waals surface area contributed by atoms with Gasteiger partial charge in [0.2, 0.25) is 0 Å². The standard InChI is InChI=1S/C12H20O6S/c13-11(14)5-4-9-8-17-12(18-9)7-10-3-1-2-6-19(10,15)16/h9-10,12H,1-8H2,(H,13,14). The zero-order chi connectivity index (χ0) is 13.9. The summed E-state index contributed by atoms with van der Waals surface area (Å²) in [6, 6.07) is 0. The van der Waals surface area contributed by atoms with Crippen molar-refractivity contribution < 1.29 is 27.8 Å². The molecule has 2 rings (SSSR count). The smallest absolute Gasteiger partial charge is 0.303 e. The summed E-state index contributed by atoms with van der Waals surface area (Å²) >= 11 is 0. The van der Waals surface area contributed by atoms with Crippen molar-refractivity contribution >= 4 is 15.8 Å². The molecule has 19 heavy (non-hydrogen) atoms. The van der Waals surface area contributed by atoms with Crippen LogP contribution in [0.4, 0.5) is 0 Å². The van der Waals surface area contributed by atoms with Gasteiger partial charge in [0.1, 0.15) is 0 Å². The van der Waals surface area contributed by atoms with Gasteiger partial charge in [-0.1, -0.05) is 6.42 Å². The van der Waals surface area contributed by atoms with E-state index in [9.17, 15) is 13.2 Å². The zero-order valence-corrected chi connectivity index (χ0v) is 11.6. The summed E-state index contributed by atoms with van der Waals surface area (Å²) < 4.78 is 34.7. The van der Waals surface area contributed by atoms with E-state index in [1.54, 1.807) is 0 Å². The van der Waals surface area contributed by atoms with E-state index in [1.165, 1.54) is 0 Å². The Morgan fingerprint density at radius 1 is 1.32 bits per heavy atom. The molecular weight excluding hydrogens is 272 g/mol. The second kappa shape index (κ2) is 6.19. The molecule has 2 aliphatic heterocycles. The van der Waals surface area contributed by atoms with Gasteiger partial charge in [-0.2, -0.15) is 0 Å². The Hall–Kier alpha value is -0.660. The highest BCUT2D eigenvalue weighted by Gasteiger charge is 2.35. The first-order valence-corrected chi connectivity index (χ1v) is 8.39. The fourth-order valence-corrected chi connectivity index (χ4v) is 4.48. The van der Waals surface area contributed by atoms with Gasteiger partial charge in [-0.05, 0) is 19.3 Å². The Kier molecular flexibility index (Phi) is 4.81. The van der Waals surface area contributed by atoms with Gasteiger partial charge in [0.05, 0.1) is 23.7 Å². The molecular formula is C12H20O6S. The molecule has 7 heteroatoms. The maximum atomic E-state index is 11.9. The third-order valence-electron chi connectivity index (χ3n) is 3.66. The monoisotopic (exact) mass is 292 g/mol. The van der Waals surface area contributed by atoms with Crippen LogP contribution >= 0.6 is 0 Å². The highest BCUT2D eigenvalue weighted by Crippen LogP contribution is 2.27. The van der Waals surface area contributed by atoms with Crippen molar-refractivity contribution in [2.24, 2.45) is 0 Å². The van der Waals surface area contributed by atoms with Crippen LogP contribution in [0.1, 0.15) is 38.5 Å². The lowest BCUT2D eigenvalue weighted by atomic mass is 10.1. The van der Waals surface area contributed by atoms with E-state index in [-0.39, 0.29) is 23.5 Å². The van der Waals surface area contributed by atoms with Crippen molar-refractivity contribution in [2.45, 2.75) is 56.2 Å². The van der Waals surface area contributed by atoms with Crippen LogP contribution in [0.2, 0.25) is 0 Å². The summed E-state index contributed by atoms with van der Waals surface area (Å²) in [6.07, 6.45) is 2.43. The van der Waals surface area contributed by atoms with Gasteiger partial charge in [0.15, 0.2) is 16.1 Å². The minimum absolute atomic E-state index is 0.0441. The molecule has 2 heterocycles. The Bertz CT molecular complexity index is 418. The van der Waals surface area contributed by atoms with E-state index in [4.69, 9.17) is 14.6 Å². The van der Waals surface area contributed by atoms with E-state index in [1.807, 2.05) is 0 Å². The number of carboxylic acids is 1. The van der Waals surface area contributed by atoms with Crippen LogP contribution < -0.4 is 0 Å². The van der Waals surface area contributed by atoms with Crippen molar-refractivity contribution in [3.8, 4) is 0 Å². The number of hydrogen-bond acceptors (Lipinski definition) is 5. The quantitative estimate of drug-likeness (QED) is 0.811. The Morgan fingerprint density at radius 2 is 2.11 bits per heavy atom. The van der Waals surface area contributed by atoms with Crippen LogP contribution in [0.3, 0.4) is 0 Å². The first-order chi connectivity index (χ1) is 8.97. The lowest BCUT2D eigenvalue weighted by Gasteiger charge is -2.24. The summed E-state index contributed by atoms with van der Waals surface area (Å²) in [7, 11) is -3.01. The van der Waals surface area contributed by atoms with Crippen LogP contribution in [-0.2, 0) is 24.1 Å². The largest absolute Gasteiger partial charge is 0.481 e. The number of hydrogen-bond donors (Lipinski definition) is 1. The van der Waals surface area contributed by atoms with Crippen LogP contribution in [0.5, 0.6) is 0 Å². The van der Waals surface area contributed by atoms with Crippen LogP contribution in [0, 0.1) is 0 Å². The molecule has 3 atom stereocenters. The third kappa shape index (κ3) is 4.15. The molecule has 6 nitrogen and oxygen atoms in total. The van der Waals surface area contributed by atoms with Crippen molar-refractivity contribution in [3.63, 3.8) is 0 Å². The average Bonchev–Trinajstić information content (AvgIpc) is 2.77. The molecule has 2 saturated heterocycles. The maximum Gasteiger partial charge on any atom is 0.303 e. The molecule has 0 radical (unpaired) electrons. The van der Waals surface area contributed by atoms with Gasteiger partial charge >= 0.3 is 5.97 Å². The number of rotatable bonds is 5. The van der Waals surface area contributed by atoms with Crippen molar-refractivity contribution in [3.05, 3.63) is 0 Å². The SMILES string of the molecule is O=C(O)CCC1COC(CC2CCCCS2(=O)=O)O1. The molecule has 110 valence electrons. The lowest BCUT2D eigenvalue weighted by Crippen LogP contribution is -2.32. The number of sulfone groups is 1. The molecule has 2 fully saturated rings. The van der Waals surface area contributed by atoms with Gasteiger partial charge in [0, 0.05) is 12.8 Å². The fourth-order valence-electron chi connectivity index (χ4n) is 2.57. The van der Waals surface area contributed by atoms with Gasteiger partial charge in [-0.15, -0.1) is 0 Å².